The van der Waals surface area contributed by atoms with Gasteiger partial charge in [-0.05, 0) is 0 Å². The van der Waals surface area contributed by atoms with Crippen molar-refractivity contribution in [1.29, 1.82) is 0 Å². The average Bonchev–Trinajstić information content (AvgIpc) is 2.39. The van der Waals surface area contributed by atoms with Crippen LogP contribution in [0.1, 0.15) is 18.3 Å². The fraction of sp³-hybridized carbons (Fsp3) is 0.385. The molecule has 3 nitrogen and oxygen atoms in total. The summed E-state index contributed by atoms with van der Waals surface area (Å²) in [6.07, 6.45) is 0.954. The van der Waals surface area contributed by atoms with Crippen LogP contribution < -0.4 is 0 Å². The predicted molar refractivity (Wildman–Crippen MR) is 60.8 cm³/mol. The Hall–Kier alpha value is -1.16. The van der Waals surface area contributed by atoms with Gasteiger partial charge in [-0.3, -0.25) is 0 Å². The zero-order chi connectivity index (χ0) is 11.4. The molecular formula is C13H16O3. The van der Waals surface area contributed by atoms with Crippen LogP contribution in [0.2, 0.25) is 0 Å². The van der Waals surface area contributed by atoms with Crippen molar-refractivity contribution < 1.29 is 14.6 Å². The van der Waals surface area contributed by atoms with Crippen LogP contribution in [0.25, 0.3) is 0 Å². The number of aliphatic hydroxyl groups excluding tert-OH is 1. The molecule has 0 amide bonds. The number of hydrogen-bond acceptors (Lipinski definition) is 3. The lowest BCUT2D eigenvalue weighted by Gasteiger charge is -2.32. The second-order valence-electron chi connectivity index (χ2n) is 3.80. The first-order chi connectivity index (χ1) is 7.81. The Morgan fingerprint density at radius 1 is 1.38 bits per heavy atom. The Labute approximate surface area is 95.3 Å². The molecule has 1 aliphatic rings. The van der Waals surface area contributed by atoms with Crippen LogP contribution >= 0.6 is 0 Å². The SMILES string of the molecule is C=C[C@H](O)[C@@H]1CCO[C@H](c2ccccc2)O1. The molecule has 1 saturated heterocycles. The molecule has 2 rings (SSSR count). The average molecular weight is 220 g/mol. The van der Waals surface area contributed by atoms with E-state index in [0.717, 1.165) is 5.56 Å². The van der Waals surface area contributed by atoms with E-state index in [4.69, 9.17) is 9.47 Å². The maximum absolute atomic E-state index is 9.65. The minimum absolute atomic E-state index is 0.226. The molecule has 0 unspecified atom stereocenters. The van der Waals surface area contributed by atoms with Crippen molar-refractivity contribution in [1.82, 2.24) is 0 Å². The number of ether oxygens (including phenoxy) is 2. The summed E-state index contributed by atoms with van der Waals surface area (Å²) in [6.45, 7) is 4.16. The molecule has 0 aromatic heterocycles. The highest BCUT2D eigenvalue weighted by Gasteiger charge is 2.27. The van der Waals surface area contributed by atoms with E-state index < -0.39 is 6.10 Å². The van der Waals surface area contributed by atoms with Crippen LogP contribution in [0.15, 0.2) is 43.0 Å². The molecule has 1 aliphatic heterocycles. The third-order valence-electron chi connectivity index (χ3n) is 2.66. The van der Waals surface area contributed by atoms with Crippen molar-refractivity contribution >= 4 is 0 Å². The van der Waals surface area contributed by atoms with Crippen LogP contribution in [-0.2, 0) is 9.47 Å². The van der Waals surface area contributed by atoms with Gasteiger partial charge in [-0.1, -0.05) is 36.4 Å². The first kappa shape index (κ1) is 11.3. The topological polar surface area (TPSA) is 38.7 Å². The van der Waals surface area contributed by atoms with Crippen LogP contribution in [0.5, 0.6) is 0 Å². The van der Waals surface area contributed by atoms with E-state index in [2.05, 4.69) is 6.58 Å². The lowest BCUT2D eigenvalue weighted by atomic mass is 10.1. The van der Waals surface area contributed by atoms with Crippen molar-refractivity contribution in [2.45, 2.75) is 24.9 Å². The molecule has 0 saturated carbocycles. The molecule has 0 bridgehead atoms. The van der Waals surface area contributed by atoms with Crippen molar-refractivity contribution in [2.24, 2.45) is 0 Å². The van der Waals surface area contributed by atoms with Gasteiger partial charge in [0.15, 0.2) is 6.29 Å². The summed E-state index contributed by atoms with van der Waals surface area (Å²) in [5.74, 6) is 0. The molecule has 0 radical (unpaired) electrons. The Bertz CT molecular complexity index is 336. The van der Waals surface area contributed by atoms with Crippen molar-refractivity contribution in [3.63, 3.8) is 0 Å². The third kappa shape index (κ3) is 2.50. The van der Waals surface area contributed by atoms with Gasteiger partial charge in [0, 0.05) is 12.0 Å². The van der Waals surface area contributed by atoms with Crippen molar-refractivity contribution in [2.75, 3.05) is 6.61 Å². The lowest BCUT2D eigenvalue weighted by Crippen LogP contribution is -2.35. The van der Waals surface area contributed by atoms with E-state index in [-0.39, 0.29) is 12.4 Å². The summed E-state index contributed by atoms with van der Waals surface area (Å²) in [6, 6.07) is 9.73. The molecule has 0 spiro atoms. The maximum Gasteiger partial charge on any atom is 0.184 e. The van der Waals surface area contributed by atoms with Gasteiger partial charge in [-0.25, -0.2) is 0 Å². The van der Waals surface area contributed by atoms with Crippen LogP contribution in [0.4, 0.5) is 0 Å². The summed E-state index contributed by atoms with van der Waals surface area (Å²) >= 11 is 0. The number of hydrogen-bond donors (Lipinski definition) is 1. The zero-order valence-electron chi connectivity index (χ0n) is 9.08. The highest BCUT2D eigenvalue weighted by atomic mass is 16.7. The molecule has 0 aliphatic carbocycles. The summed E-state index contributed by atoms with van der Waals surface area (Å²) in [4.78, 5) is 0. The highest BCUT2D eigenvalue weighted by molar-refractivity contribution is 5.16. The Balaban J connectivity index is 2.05. The van der Waals surface area contributed by atoms with Crippen LogP contribution in [0, 0.1) is 0 Å². The highest BCUT2D eigenvalue weighted by Crippen LogP contribution is 2.27. The predicted octanol–water partition coefficient (Wildman–Crippen LogP) is 2.04. The summed E-state index contributed by atoms with van der Waals surface area (Å²) in [5.41, 5.74) is 0.975. The molecule has 1 fully saturated rings. The Morgan fingerprint density at radius 2 is 2.12 bits per heavy atom. The standard InChI is InChI=1S/C13H16O3/c1-2-11(14)12-8-9-15-13(16-12)10-6-4-3-5-7-10/h2-7,11-14H,1,8-9H2/t11-,12-,13-/m0/s1. The first-order valence-electron chi connectivity index (χ1n) is 5.44. The number of aliphatic hydroxyl groups is 1. The molecule has 1 aromatic carbocycles. The van der Waals surface area contributed by atoms with E-state index in [1.807, 2.05) is 30.3 Å². The smallest absolute Gasteiger partial charge is 0.184 e. The van der Waals surface area contributed by atoms with E-state index in [9.17, 15) is 5.11 Å². The Kier molecular flexibility index (Phi) is 3.72. The summed E-state index contributed by atoms with van der Waals surface area (Å²) in [7, 11) is 0. The Morgan fingerprint density at radius 3 is 2.81 bits per heavy atom. The minimum atomic E-state index is -0.630. The normalized spacial score (nSPS) is 27.3. The van der Waals surface area contributed by atoms with E-state index in [1.54, 1.807) is 0 Å². The molecule has 1 N–H and O–H groups in total. The molecule has 1 heterocycles. The molecular weight excluding hydrogens is 204 g/mol. The van der Waals surface area contributed by atoms with Gasteiger partial charge >= 0.3 is 0 Å². The van der Waals surface area contributed by atoms with Crippen LogP contribution in [0.3, 0.4) is 0 Å². The van der Waals surface area contributed by atoms with Gasteiger partial charge in [-0.2, -0.15) is 0 Å². The van der Waals surface area contributed by atoms with Gasteiger partial charge < -0.3 is 14.6 Å². The van der Waals surface area contributed by atoms with E-state index in [1.165, 1.54) is 6.08 Å². The monoisotopic (exact) mass is 220 g/mol. The quantitative estimate of drug-likeness (QED) is 0.792. The third-order valence-corrected chi connectivity index (χ3v) is 2.66. The maximum atomic E-state index is 9.65. The fourth-order valence-electron chi connectivity index (χ4n) is 1.75. The largest absolute Gasteiger partial charge is 0.386 e. The minimum Gasteiger partial charge on any atom is -0.386 e. The molecule has 16 heavy (non-hydrogen) atoms. The van der Waals surface area contributed by atoms with Gasteiger partial charge in [0.05, 0.1) is 18.8 Å². The fourth-order valence-corrected chi connectivity index (χ4v) is 1.75. The molecule has 3 atom stereocenters. The second kappa shape index (κ2) is 5.25. The van der Waals surface area contributed by atoms with Gasteiger partial charge in [0.1, 0.15) is 0 Å². The number of rotatable bonds is 3. The number of benzene rings is 1. The van der Waals surface area contributed by atoms with E-state index >= 15 is 0 Å². The zero-order valence-corrected chi connectivity index (χ0v) is 9.08. The lowest BCUT2D eigenvalue weighted by molar-refractivity contribution is -0.232. The first-order valence-corrected chi connectivity index (χ1v) is 5.44. The molecule has 3 heteroatoms. The van der Waals surface area contributed by atoms with Gasteiger partial charge in [0.2, 0.25) is 0 Å². The van der Waals surface area contributed by atoms with Gasteiger partial charge in [-0.15, -0.1) is 6.58 Å². The molecule has 1 aromatic rings. The summed E-state index contributed by atoms with van der Waals surface area (Å²) in [5, 5.41) is 9.65. The second-order valence-corrected chi connectivity index (χ2v) is 3.80. The van der Waals surface area contributed by atoms with Gasteiger partial charge in [0.25, 0.3) is 0 Å². The van der Waals surface area contributed by atoms with Crippen LogP contribution in [-0.4, -0.2) is 23.9 Å². The van der Waals surface area contributed by atoms with Crippen molar-refractivity contribution in [3.8, 4) is 0 Å². The van der Waals surface area contributed by atoms with E-state index in [0.29, 0.717) is 13.0 Å². The molecule has 86 valence electrons. The summed E-state index contributed by atoms with van der Waals surface area (Å²) < 4.78 is 11.2. The van der Waals surface area contributed by atoms with Crippen molar-refractivity contribution in [3.05, 3.63) is 48.6 Å².